The molecule has 1 aromatic heterocycles. The molecule has 112 valence electrons. The second-order valence-corrected chi connectivity index (χ2v) is 5.76. The molecule has 0 aliphatic carbocycles. The molecule has 1 saturated heterocycles. The van der Waals surface area contributed by atoms with Crippen molar-refractivity contribution >= 4 is 10.8 Å². The minimum atomic E-state index is -0.768. The van der Waals surface area contributed by atoms with Gasteiger partial charge in [-0.25, -0.2) is 0 Å². The van der Waals surface area contributed by atoms with Crippen molar-refractivity contribution in [3.05, 3.63) is 66.5 Å². The number of hydrogen-bond donors (Lipinski definition) is 0. The highest BCUT2D eigenvalue weighted by Gasteiger charge is 2.42. The lowest BCUT2D eigenvalue weighted by Gasteiger charge is -2.28. The third-order valence-electron chi connectivity index (χ3n) is 4.06. The molecule has 0 spiro atoms. The second kappa shape index (κ2) is 5.23. The number of rotatable bonds is 3. The molecule has 3 aromatic rings. The van der Waals surface area contributed by atoms with E-state index in [1.165, 1.54) is 10.8 Å². The van der Waals surface area contributed by atoms with E-state index in [1.807, 2.05) is 36.0 Å². The van der Waals surface area contributed by atoms with Crippen molar-refractivity contribution in [2.24, 2.45) is 0 Å². The van der Waals surface area contributed by atoms with E-state index in [9.17, 15) is 0 Å². The lowest BCUT2D eigenvalue weighted by molar-refractivity contribution is -0.186. The number of nitrogens with zero attached hydrogens (tertiary/aromatic N) is 2. The Morgan fingerprint density at radius 3 is 2.77 bits per heavy atom. The normalized spacial score (nSPS) is 24.9. The number of benzene rings is 2. The quantitative estimate of drug-likeness (QED) is 0.743. The van der Waals surface area contributed by atoms with E-state index in [2.05, 4.69) is 35.4 Å². The minimum absolute atomic E-state index is 0.0713. The summed E-state index contributed by atoms with van der Waals surface area (Å²) >= 11 is 0. The summed E-state index contributed by atoms with van der Waals surface area (Å²) in [7, 11) is 0. The predicted molar refractivity (Wildman–Crippen MR) is 84.4 cm³/mol. The Kier molecular flexibility index (Phi) is 3.21. The average Bonchev–Trinajstić information content (AvgIpc) is 3.18. The summed E-state index contributed by atoms with van der Waals surface area (Å²) in [5.74, 6) is -0.768. The first kappa shape index (κ1) is 13.5. The third kappa shape index (κ3) is 2.30. The summed E-state index contributed by atoms with van der Waals surface area (Å²) in [6.07, 6.45) is 3.77. The molecule has 4 nitrogen and oxygen atoms in total. The topological polar surface area (TPSA) is 36.3 Å². The molecule has 2 aromatic carbocycles. The largest absolute Gasteiger partial charge is 0.342 e. The Balaban J connectivity index is 1.78. The molecule has 0 radical (unpaired) electrons. The number of hydrogen-bond acceptors (Lipinski definition) is 3. The summed E-state index contributed by atoms with van der Waals surface area (Å²) in [5, 5.41) is 6.70. The molecule has 0 N–H and O–H groups in total. The van der Waals surface area contributed by atoms with Crippen LogP contribution in [0.15, 0.2) is 60.9 Å². The van der Waals surface area contributed by atoms with E-state index in [-0.39, 0.29) is 6.10 Å². The van der Waals surface area contributed by atoms with Crippen LogP contribution in [0.5, 0.6) is 0 Å². The van der Waals surface area contributed by atoms with E-state index >= 15 is 0 Å². The van der Waals surface area contributed by atoms with Gasteiger partial charge in [-0.1, -0.05) is 36.4 Å². The van der Waals surface area contributed by atoms with Crippen LogP contribution < -0.4 is 0 Å². The van der Waals surface area contributed by atoms with Crippen molar-refractivity contribution < 1.29 is 9.47 Å². The summed E-state index contributed by atoms with van der Waals surface area (Å²) in [6, 6.07) is 16.6. The zero-order valence-electron chi connectivity index (χ0n) is 12.5. The second-order valence-electron chi connectivity index (χ2n) is 5.76. The third-order valence-corrected chi connectivity index (χ3v) is 4.06. The van der Waals surface area contributed by atoms with E-state index in [0.717, 1.165) is 5.56 Å². The van der Waals surface area contributed by atoms with Crippen molar-refractivity contribution in [3.63, 3.8) is 0 Å². The fourth-order valence-electron chi connectivity index (χ4n) is 3.00. The first-order chi connectivity index (χ1) is 10.8. The summed E-state index contributed by atoms with van der Waals surface area (Å²) < 4.78 is 14.1. The molecule has 2 unspecified atom stereocenters. The van der Waals surface area contributed by atoms with Crippen molar-refractivity contribution in [2.75, 3.05) is 6.61 Å². The first-order valence-electron chi connectivity index (χ1n) is 7.54. The summed E-state index contributed by atoms with van der Waals surface area (Å²) in [5.41, 5.74) is 1.03. The molecule has 0 bridgehead atoms. The average molecular weight is 294 g/mol. The first-order valence-corrected chi connectivity index (χ1v) is 7.54. The van der Waals surface area contributed by atoms with E-state index in [1.54, 1.807) is 6.20 Å². The molecular formula is C18H18N2O2. The Labute approximate surface area is 129 Å². The van der Waals surface area contributed by atoms with Crippen LogP contribution in [0, 0.1) is 0 Å². The van der Waals surface area contributed by atoms with Gasteiger partial charge in [0.15, 0.2) is 0 Å². The van der Waals surface area contributed by atoms with Gasteiger partial charge in [-0.2, -0.15) is 5.10 Å². The van der Waals surface area contributed by atoms with Gasteiger partial charge in [-0.05, 0) is 29.8 Å². The maximum absolute atomic E-state index is 6.17. The zero-order valence-corrected chi connectivity index (χ0v) is 12.5. The molecule has 0 saturated carbocycles. The molecule has 2 atom stereocenters. The van der Waals surface area contributed by atoms with Gasteiger partial charge in [0.2, 0.25) is 5.79 Å². The highest BCUT2D eigenvalue weighted by Crippen LogP contribution is 2.37. The fraction of sp³-hybridized carbons (Fsp3) is 0.278. The van der Waals surface area contributed by atoms with E-state index < -0.39 is 5.79 Å². The summed E-state index contributed by atoms with van der Waals surface area (Å²) in [6.45, 7) is 3.17. The molecule has 4 rings (SSSR count). The molecular weight excluding hydrogens is 276 g/mol. The molecule has 1 aliphatic rings. The minimum Gasteiger partial charge on any atom is -0.342 e. The van der Waals surface area contributed by atoms with Crippen LogP contribution in [0.4, 0.5) is 0 Å². The molecule has 0 amide bonds. The van der Waals surface area contributed by atoms with Gasteiger partial charge >= 0.3 is 0 Å². The van der Waals surface area contributed by atoms with Gasteiger partial charge in [0.1, 0.15) is 0 Å². The Morgan fingerprint density at radius 2 is 2.05 bits per heavy atom. The van der Waals surface area contributed by atoms with Crippen molar-refractivity contribution in [1.82, 2.24) is 9.78 Å². The van der Waals surface area contributed by atoms with Crippen LogP contribution in [0.3, 0.4) is 0 Å². The van der Waals surface area contributed by atoms with E-state index in [4.69, 9.17) is 9.47 Å². The van der Waals surface area contributed by atoms with Gasteiger partial charge in [0.25, 0.3) is 0 Å². The smallest absolute Gasteiger partial charge is 0.215 e. The fourth-order valence-corrected chi connectivity index (χ4v) is 3.00. The Bertz CT molecular complexity index is 785. The van der Waals surface area contributed by atoms with Crippen LogP contribution in [0.25, 0.3) is 10.8 Å². The van der Waals surface area contributed by atoms with Crippen LogP contribution in [-0.4, -0.2) is 22.5 Å². The van der Waals surface area contributed by atoms with Crippen LogP contribution in [0.2, 0.25) is 0 Å². The van der Waals surface area contributed by atoms with Gasteiger partial charge in [0, 0.05) is 18.0 Å². The van der Waals surface area contributed by atoms with Crippen molar-refractivity contribution in [3.8, 4) is 0 Å². The molecule has 2 heterocycles. The predicted octanol–water partition coefficient (Wildman–Crippen LogP) is 3.32. The van der Waals surface area contributed by atoms with Crippen LogP contribution >= 0.6 is 0 Å². The molecule has 1 aliphatic heterocycles. The van der Waals surface area contributed by atoms with Gasteiger partial charge in [0.05, 0.1) is 19.3 Å². The zero-order chi connectivity index (χ0) is 15.0. The maximum atomic E-state index is 6.17. The van der Waals surface area contributed by atoms with Gasteiger partial charge in [-0.15, -0.1) is 0 Å². The molecule has 4 heteroatoms. The van der Waals surface area contributed by atoms with Crippen LogP contribution in [0.1, 0.15) is 12.5 Å². The van der Waals surface area contributed by atoms with Gasteiger partial charge < -0.3 is 9.47 Å². The highest BCUT2D eigenvalue weighted by atomic mass is 16.7. The monoisotopic (exact) mass is 294 g/mol. The van der Waals surface area contributed by atoms with Gasteiger partial charge in [-0.3, -0.25) is 4.68 Å². The number of aromatic nitrogens is 2. The summed E-state index contributed by atoms with van der Waals surface area (Å²) in [4.78, 5) is 0. The van der Waals surface area contributed by atoms with E-state index in [0.29, 0.717) is 13.2 Å². The highest BCUT2D eigenvalue weighted by molar-refractivity contribution is 5.83. The van der Waals surface area contributed by atoms with Crippen molar-refractivity contribution in [1.29, 1.82) is 0 Å². The number of fused-ring (bicyclic) bond motifs is 1. The SMILES string of the molecule is CC1COC(Cn2cccn2)(c2ccc3ccccc3c2)O1. The number of ether oxygens (including phenoxy) is 2. The van der Waals surface area contributed by atoms with Crippen molar-refractivity contribution in [2.45, 2.75) is 25.4 Å². The molecule has 22 heavy (non-hydrogen) atoms. The Morgan fingerprint density at radius 1 is 1.18 bits per heavy atom. The van der Waals surface area contributed by atoms with Crippen LogP contribution in [-0.2, 0) is 21.8 Å². The lowest BCUT2D eigenvalue weighted by Crippen LogP contribution is -2.33. The standard InChI is InChI=1S/C18H18N2O2/c1-14-12-21-18(22-14,13-20-10-4-9-19-20)17-8-7-15-5-2-3-6-16(15)11-17/h2-11,14H,12-13H2,1H3. The molecule has 1 fully saturated rings. The Hall–Kier alpha value is -2.17. The lowest BCUT2D eigenvalue weighted by atomic mass is 10.0. The maximum Gasteiger partial charge on any atom is 0.215 e.